The number of carbonyl (C=O) groups is 1. The van der Waals surface area contributed by atoms with Crippen LogP contribution >= 0.6 is 0 Å². The Labute approximate surface area is 140 Å². The first-order valence-corrected chi connectivity index (χ1v) is 8.09. The van der Waals surface area contributed by atoms with Gasteiger partial charge in [-0.15, -0.1) is 0 Å². The summed E-state index contributed by atoms with van der Waals surface area (Å²) in [6.07, 6.45) is 2.33. The van der Waals surface area contributed by atoms with Gasteiger partial charge in [-0.3, -0.25) is 9.69 Å². The fraction of sp³-hybridized carbons (Fsp3) is 0.211. The lowest BCUT2D eigenvalue weighted by Gasteiger charge is -2.37. The van der Waals surface area contributed by atoms with Crippen molar-refractivity contribution in [2.75, 3.05) is 4.90 Å². The monoisotopic (exact) mass is 318 g/mol. The summed E-state index contributed by atoms with van der Waals surface area (Å²) in [5, 5.41) is 4.39. The Morgan fingerprint density at radius 1 is 1.04 bits per heavy atom. The maximum Gasteiger partial charge on any atom is 0.260 e. The lowest BCUT2D eigenvalue weighted by Crippen LogP contribution is -2.46. The van der Waals surface area contributed by atoms with Crippen molar-refractivity contribution >= 4 is 11.9 Å². The number of aromatic nitrogens is 3. The van der Waals surface area contributed by atoms with Crippen molar-refractivity contribution in [2.45, 2.75) is 25.4 Å². The molecule has 1 aromatic heterocycles. The Morgan fingerprint density at radius 2 is 1.71 bits per heavy atom. The maximum atomic E-state index is 13.0. The van der Waals surface area contributed by atoms with E-state index in [9.17, 15) is 4.79 Å². The SMILES string of the molecule is CC1CC(c2ccccc2)n2ncnc2N1C(=O)c1ccccc1. The van der Waals surface area contributed by atoms with Crippen LogP contribution in [0.15, 0.2) is 67.0 Å². The Balaban J connectivity index is 1.74. The molecule has 0 bridgehead atoms. The fourth-order valence-corrected chi connectivity index (χ4v) is 3.33. The maximum absolute atomic E-state index is 13.0. The summed E-state index contributed by atoms with van der Waals surface area (Å²) in [4.78, 5) is 19.1. The second kappa shape index (κ2) is 5.92. The molecule has 0 saturated carbocycles. The second-order valence-corrected chi connectivity index (χ2v) is 6.06. The zero-order chi connectivity index (χ0) is 16.5. The molecule has 0 fully saturated rings. The summed E-state index contributed by atoms with van der Waals surface area (Å²) in [7, 11) is 0. The van der Waals surface area contributed by atoms with Crippen LogP contribution in [0.5, 0.6) is 0 Å². The third kappa shape index (κ3) is 2.38. The third-order valence-corrected chi connectivity index (χ3v) is 4.49. The molecule has 0 N–H and O–H groups in total. The summed E-state index contributed by atoms with van der Waals surface area (Å²) in [5.41, 5.74) is 1.85. The highest BCUT2D eigenvalue weighted by Crippen LogP contribution is 2.34. The van der Waals surface area contributed by atoms with E-state index < -0.39 is 0 Å². The molecule has 120 valence electrons. The molecule has 2 unspecified atom stereocenters. The minimum Gasteiger partial charge on any atom is -0.274 e. The number of fused-ring (bicyclic) bond motifs is 1. The molecule has 1 aliphatic heterocycles. The topological polar surface area (TPSA) is 51.0 Å². The van der Waals surface area contributed by atoms with Gasteiger partial charge in [-0.05, 0) is 31.0 Å². The van der Waals surface area contributed by atoms with Gasteiger partial charge in [0.15, 0.2) is 0 Å². The molecule has 5 heteroatoms. The number of hydrogen-bond acceptors (Lipinski definition) is 3. The molecule has 24 heavy (non-hydrogen) atoms. The van der Waals surface area contributed by atoms with Crippen LogP contribution in [-0.4, -0.2) is 26.7 Å². The van der Waals surface area contributed by atoms with Crippen molar-refractivity contribution in [3.63, 3.8) is 0 Å². The van der Waals surface area contributed by atoms with Crippen molar-refractivity contribution in [1.82, 2.24) is 14.8 Å². The van der Waals surface area contributed by atoms with Gasteiger partial charge >= 0.3 is 0 Å². The number of nitrogens with zero attached hydrogens (tertiary/aromatic N) is 4. The average molecular weight is 318 g/mol. The van der Waals surface area contributed by atoms with Crippen LogP contribution in [0.4, 0.5) is 5.95 Å². The van der Waals surface area contributed by atoms with Gasteiger partial charge < -0.3 is 0 Å². The molecule has 0 spiro atoms. The van der Waals surface area contributed by atoms with Gasteiger partial charge in [0.1, 0.15) is 6.33 Å². The Bertz CT molecular complexity index is 844. The summed E-state index contributed by atoms with van der Waals surface area (Å²) in [6, 6.07) is 19.7. The van der Waals surface area contributed by atoms with Crippen LogP contribution in [0.1, 0.15) is 35.3 Å². The Hall–Kier alpha value is -2.95. The van der Waals surface area contributed by atoms with Crippen molar-refractivity contribution in [3.8, 4) is 0 Å². The quantitative estimate of drug-likeness (QED) is 0.728. The van der Waals surface area contributed by atoms with Crippen molar-refractivity contribution < 1.29 is 4.79 Å². The highest BCUT2D eigenvalue weighted by Gasteiger charge is 2.36. The molecular formula is C19H18N4O. The van der Waals surface area contributed by atoms with E-state index in [1.54, 1.807) is 4.90 Å². The zero-order valence-corrected chi connectivity index (χ0v) is 13.4. The van der Waals surface area contributed by atoms with Gasteiger partial charge in [0, 0.05) is 11.6 Å². The number of hydrogen-bond donors (Lipinski definition) is 0. The molecule has 4 rings (SSSR count). The van der Waals surface area contributed by atoms with Crippen LogP contribution in [0.3, 0.4) is 0 Å². The second-order valence-electron chi connectivity index (χ2n) is 6.06. The van der Waals surface area contributed by atoms with Gasteiger partial charge in [0.25, 0.3) is 5.91 Å². The summed E-state index contributed by atoms with van der Waals surface area (Å²) >= 11 is 0. The molecule has 2 atom stereocenters. The summed E-state index contributed by atoms with van der Waals surface area (Å²) < 4.78 is 1.86. The summed E-state index contributed by atoms with van der Waals surface area (Å²) in [5.74, 6) is 0.570. The minimum atomic E-state index is -0.0381. The number of carbonyl (C=O) groups excluding carboxylic acids is 1. The molecule has 5 nitrogen and oxygen atoms in total. The molecule has 1 aliphatic rings. The van der Waals surface area contributed by atoms with E-state index in [-0.39, 0.29) is 18.0 Å². The van der Waals surface area contributed by atoms with Crippen LogP contribution in [-0.2, 0) is 0 Å². The zero-order valence-electron chi connectivity index (χ0n) is 13.4. The third-order valence-electron chi connectivity index (χ3n) is 4.49. The van der Waals surface area contributed by atoms with Gasteiger partial charge in [-0.2, -0.15) is 10.1 Å². The van der Waals surface area contributed by atoms with E-state index in [2.05, 4.69) is 29.1 Å². The minimum absolute atomic E-state index is 0.0381. The molecule has 2 heterocycles. The highest BCUT2D eigenvalue weighted by atomic mass is 16.2. The first kappa shape index (κ1) is 14.6. The predicted molar refractivity (Wildman–Crippen MR) is 91.9 cm³/mol. The van der Waals surface area contributed by atoms with E-state index in [1.807, 2.05) is 53.2 Å². The van der Waals surface area contributed by atoms with Crippen molar-refractivity contribution in [3.05, 3.63) is 78.1 Å². The van der Waals surface area contributed by atoms with Crippen molar-refractivity contribution in [1.29, 1.82) is 0 Å². The van der Waals surface area contributed by atoms with E-state index >= 15 is 0 Å². The van der Waals surface area contributed by atoms with Crippen molar-refractivity contribution in [2.24, 2.45) is 0 Å². The highest BCUT2D eigenvalue weighted by molar-refractivity contribution is 6.05. The molecule has 0 aliphatic carbocycles. The van der Waals surface area contributed by atoms with Crippen LogP contribution in [0.25, 0.3) is 0 Å². The van der Waals surface area contributed by atoms with Gasteiger partial charge in [0.2, 0.25) is 5.95 Å². The first-order valence-electron chi connectivity index (χ1n) is 8.09. The van der Waals surface area contributed by atoms with Crippen LogP contribution < -0.4 is 4.90 Å². The standard InChI is InChI=1S/C19H18N4O/c1-14-12-17(15-8-4-2-5-9-15)23-19(20-13-21-23)22(14)18(24)16-10-6-3-7-11-16/h2-11,13-14,17H,12H2,1H3. The lowest BCUT2D eigenvalue weighted by molar-refractivity contribution is 0.0966. The van der Waals surface area contributed by atoms with E-state index in [1.165, 1.54) is 11.9 Å². The van der Waals surface area contributed by atoms with Crippen LogP contribution in [0, 0.1) is 0 Å². The summed E-state index contributed by atoms with van der Waals surface area (Å²) in [6.45, 7) is 2.06. The fourth-order valence-electron chi connectivity index (χ4n) is 3.33. The first-order chi connectivity index (χ1) is 11.8. The van der Waals surface area contributed by atoms with E-state index in [0.29, 0.717) is 11.5 Å². The van der Waals surface area contributed by atoms with Gasteiger partial charge in [-0.25, -0.2) is 4.68 Å². The molecule has 2 aromatic carbocycles. The number of anilines is 1. The molecule has 0 saturated heterocycles. The van der Waals surface area contributed by atoms with Gasteiger partial charge in [0.05, 0.1) is 6.04 Å². The molecule has 1 amide bonds. The Kier molecular flexibility index (Phi) is 3.61. The predicted octanol–water partition coefficient (Wildman–Crippen LogP) is 3.31. The molecule has 3 aromatic rings. The van der Waals surface area contributed by atoms with E-state index in [0.717, 1.165) is 6.42 Å². The number of rotatable bonds is 2. The largest absolute Gasteiger partial charge is 0.274 e. The van der Waals surface area contributed by atoms with Crippen LogP contribution in [0.2, 0.25) is 0 Å². The normalized spacial score (nSPS) is 19.8. The lowest BCUT2D eigenvalue weighted by atomic mass is 9.97. The van der Waals surface area contributed by atoms with Gasteiger partial charge in [-0.1, -0.05) is 48.5 Å². The Morgan fingerprint density at radius 3 is 2.42 bits per heavy atom. The van der Waals surface area contributed by atoms with E-state index in [4.69, 9.17) is 0 Å². The molecular weight excluding hydrogens is 300 g/mol. The molecule has 0 radical (unpaired) electrons. The smallest absolute Gasteiger partial charge is 0.260 e. The number of benzene rings is 2. The number of amides is 1. The average Bonchev–Trinajstić information content (AvgIpc) is 3.11.